The molecule has 0 fully saturated rings. The first kappa shape index (κ1) is 13.0. The third kappa shape index (κ3) is 8.29. The summed E-state index contributed by atoms with van der Waals surface area (Å²) in [5.41, 5.74) is -0.487. The number of amides is 1. The lowest BCUT2D eigenvalue weighted by Crippen LogP contribution is -2.37. The molecule has 1 atom stereocenters. The summed E-state index contributed by atoms with van der Waals surface area (Å²) in [5, 5.41) is 11.6. The van der Waals surface area contributed by atoms with Crippen LogP contribution >= 0.6 is 22.6 Å². The monoisotopic (exact) mass is 301 g/mol. The highest BCUT2D eigenvalue weighted by molar-refractivity contribution is 14.1. The van der Waals surface area contributed by atoms with Crippen molar-refractivity contribution in [3.63, 3.8) is 0 Å². The Kier molecular flexibility index (Phi) is 5.62. The van der Waals surface area contributed by atoms with Crippen molar-refractivity contribution in [3.8, 4) is 0 Å². The number of ether oxygens (including phenoxy) is 1. The minimum Gasteiger partial charge on any atom is -0.444 e. The first-order valence-corrected chi connectivity index (χ1v) is 5.58. The SMILES string of the molecule is CC(C)(C)OC(=O)NC[C@H](O)CI. The van der Waals surface area contributed by atoms with E-state index in [1.807, 2.05) is 22.6 Å². The summed E-state index contributed by atoms with van der Waals surface area (Å²) >= 11 is 2.05. The minimum atomic E-state index is -0.506. The number of halogens is 1. The zero-order valence-electron chi connectivity index (χ0n) is 8.13. The summed E-state index contributed by atoms with van der Waals surface area (Å²) in [6, 6.07) is 0. The molecule has 0 aliphatic carbocycles. The quantitative estimate of drug-likeness (QED) is 0.610. The number of carbonyl (C=O) groups is 1. The molecule has 0 aromatic rings. The predicted octanol–water partition coefficient (Wildman–Crippen LogP) is 1.31. The van der Waals surface area contributed by atoms with Crippen LogP contribution in [0.5, 0.6) is 0 Å². The molecule has 0 saturated carbocycles. The number of carbonyl (C=O) groups excluding carboxylic acids is 1. The van der Waals surface area contributed by atoms with Crippen molar-refractivity contribution in [2.24, 2.45) is 0 Å². The molecule has 5 heteroatoms. The Balaban J connectivity index is 3.64. The topological polar surface area (TPSA) is 58.6 Å². The fourth-order valence-corrected chi connectivity index (χ4v) is 0.881. The van der Waals surface area contributed by atoms with Gasteiger partial charge in [0.2, 0.25) is 0 Å². The zero-order chi connectivity index (χ0) is 10.5. The molecular formula is C8H16INO3. The second kappa shape index (κ2) is 5.64. The van der Waals surface area contributed by atoms with E-state index in [2.05, 4.69) is 5.32 Å². The number of alkyl carbamates (subject to hydrolysis) is 1. The summed E-state index contributed by atoms with van der Waals surface area (Å²) in [5.74, 6) is 0. The highest BCUT2D eigenvalue weighted by Gasteiger charge is 2.16. The van der Waals surface area contributed by atoms with Crippen LogP contribution in [-0.2, 0) is 4.74 Å². The van der Waals surface area contributed by atoms with E-state index in [0.29, 0.717) is 4.43 Å². The van der Waals surface area contributed by atoms with Gasteiger partial charge in [-0.15, -0.1) is 0 Å². The van der Waals surface area contributed by atoms with Gasteiger partial charge in [-0.1, -0.05) is 22.6 Å². The fraction of sp³-hybridized carbons (Fsp3) is 0.875. The van der Waals surface area contributed by atoms with Gasteiger partial charge in [-0.25, -0.2) is 4.79 Å². The van der Waals surface area contributed by atoms with E-state index in [1.54, 1.807) is 20.8 Å². The van der Waals surface area contributed by atoms with Crippen LogP contribution in [-0.4, -0.2) is 33.9 Å². The molecule has 0 heterocycles. The van der Waals surface area contributed by atoms with Crippen molar-refractivity contribution < 1.29 is 14.6 Å². The molecule has 0 radical (unpaired) electrons. The number of hydrogen-bond donors (Lipinski definition) is 2. The number of aliphatic hydroxyl groups excluding tert-OH is 1. The molecule has 1 amide bonds. The number of rotatable bonds is 3. The molecule has 78 valence electrons. The fourth-order valence-electron chi connectivity index (χ4n) is 0.570. The van der Waals surface area contributed by atoms with E-state index in [9.17, 15) is 4.79 Å². The van der Waals surface area contributed by atoms with Crippen LogP contribution in [0.15, 0.2) is 0 Å². The van der Waals surface area contributed by atoms with Crippen LogP contribution in [0.4, 0.5) is 4.79 Å². The van der Waals surface area contributed by atoms with Gasteiger partial charge in [-0.2, -0.15) is 0 Å². The molecule has 0 saturated heterocycles. The molecule has 0 aliphatic rings. The lowest BCUT2D eigenvalue weighted by Gasteiger charge is -2.20. The lowest BCUT2D eigenvalue weighted by atomic mass is 10.2. The van der Waals surface area contributed by atoms with E-state index in [-0.39, 0.29) is 6.54 Å². The molecule has 0 aromatic carbocycles. The first-order valence-electron chi connectivity index (χ1n) is 4.06. The maximum absolute atomic E-state index is 11.0. The van der Waals surface area contributed by atoms with Gasteiger partial charge in [0.05, 0.1) is 6.10 Å². The molecular weight excluding hydrogens is 285 g/mol. The summed E-state index contributed by atoms with van der Waals surface area (Å²) in [6.45, 7) is 5.61. The maximum Gasteiger partial charge on any atom is 0.407 e. The van der Waals surface area contributed by atoms with Crippen LogP contribution in [0.25, 0.3) is 0 Å². The van der Waals surface area contributed by atoms with E-state index >= 15 is 0 Å². The summed E-state index contributed by atoms with van der Waals surface area (Å²) < 4.78 is 5.56. The Bertz CT molecular complexity index is 167. The third-order valence-corrected chi connectivity index (χ3v) is 2.08. The number of hydrogen-bond acceptors (Lipinski definition) is 3. The standard InChI is InChI=1S/C8H16INO3/c1-8(2,3)13-7(12)10-5-6(11)4-9/h6,11H,4-5H2,1-3H3,(H,10,12)/t6-/m1/s1. The van der Waals surface area contributed by atoms with Crippen molar-refractivity contribution >= 4 is 28.7 Å². The molecule has 0 spiro atoms. The minimum absolute atomic E-state index is 0.234. The van der Waals surface area contributed by atoms with Crippen LogP contribution in [0.3, 0.4) is 0 Å². The average molecular weight is 301 g/mol. The molecule has 4 nitrogen and oxygen atoms in total. The Hall–Kier alpha value is -0.0400. The molecule has 2 N–H and O–H groups in total. The lowest BCUT2D eigenvalue weighted by molar-refractivity contribution is 0.0500. The van der Waals surface area contributed by atoms with Crippen molar-refractivity contribution in [2.75, 3.05) is 11.0 Å². The highest BCUT2D eigenvalue weighted by atomic mass is 127. The van der Waals surface area contributed by atoms with Gasteiger partial charge in [0, 0.05) is 11.0 Å². The van der Waals surface area contributed by atoms with Gasteiger partial charge < -0.3 is 15.2 Å². The largest absolute Gasteiger partial charge is 0.444 e. The van der Waals surface area contributed by atoms with E-state index in [0.717, 1.165) is 0 Å². The van der Waals surface area contributed by atoms with Crippen molar-refractivity contribution in [2.45, 2.75) is 32.5 Å². The Morgan fingerprint density at radius 3 is 2.54 bits per heavy atom. The number of alkyl halides is 1. The zero-order valence-corrected chi connectivity index (χ0v) is 10.3. The summed E-state index contributed by atoms with van der Waals surface area (Å²) in [4.78, 5) is 11.0. The normalized spacial score (nSPS) is 13.6. The molecule has 13 heavy (non-hydrogen) atoms. The second-order valence-electron chi connectivity index (χ2n) is 3.69. The Morgan fingerprint density at radius 1 is 1.62 bits per heavy atom. The second-order valence-corrected chi connectivity index (χ2v) is 4.57. The maximum atomic E-state index is 11.0. The van der Waals surface area contributed by atoms with Gasteiger partial charge in [0.25, 0.3) is 0 Å². The van der Waals surface area contributed by atoms with Gasteiger partial charge in [-0.3, -0.25) is 0 Å². The Labute approximate surface area is 92.2 Å². The summed E-state index contributed by atoms with van der Waals surface area (Å²) in [7, 11) is 0. The predicted molar refractivity (Wildman–Crippen MR) is 59.1 cm³/mol. The summed E-state index contributed by atoms with van der Waals surface area (Å²) in [6.07, 6.45) is -0.996. The number of nitrogens with one attached hydrogen (secondary N) is 1. The van der Waals surface area contributed by atoms with Crippen LogP contribution in [0, 0.1) is 0 Å². The van der Waals surface area contributed by atoms with E-state index < -0.39 is 17.8 Å². The van der Waals surface area contributed by atoms with Crippen molar-refractivity contribution in [1.82, 2.24) is 5.32 Å². The van der Waals surface area contributed by atoms with Gasteiger partial charge >= 0.3 is 6.09 Å². The van der Waals surface area contributed by atoms with Gasteiger partial charge in [0.15, 0.2) is 0 Å². The third-order valence-electron chi connectivity index (χ3n) is 1.06. The van der Waals surface area contributed by atoms with Gasteiger partial charge in [-0.05, 0) is 20.8 Å². The smallest absolute Gasteiger partial charge is 0.407 e. The van der Waals surface area contributed by atoms with Gasteiger partial charge in [0.1, 0.15) is 5.60 Å². The van der Waals surface area contributed by atoms with E-state index in [1.165, 1.54) is 0 Å². The van der Waals surface area contributed by atoms with Crippen molar-refractivity contribution in [1.29, 1.82) is 0 Å². The van der Waals surface area contributed by atoms with Crippen LogP contribution in [0.1, 0.15) is 20.8 Å². The van der Waals surface area contributed by atoms with Crippen molar-refractivity contribution in [3.05, 3.63) is 0 Å². The van der Waals surface area contributed by atoms with Crippen LogP contribution in [0.2, 0.25) is 0 Å². The first-order chi connectivity index (χ1) is 5.85. The molecule has 0 aromatic heterocycles. The molecule has 0 unspecified atom stereocenters. The number of aliphatic hydroxyl groups is 1. The molecule has 0 rings (SSSR count). The average Bonchev–Trinajstić information content (AvgIpc) is 1.97. The van der Waals surface area contributed by atoms with Crippen LogP contribution < -0.4 is 5.32 Å². The highest BCUT2D eigenvalue weighted by Crippen LogP contribution is 2.06. The Morgan fingerprint density at radius 2 is 2.15 bits per heavy atom. The molecule has 0 aliphatic heterocycles. The van der Waals surface area contributed by atoms with E-state index in [4.69, 9.17) is 9.84 Å². The molecule has 0 bridgehead atoms.